The van der Waals surface area contributed by atoms with Gasteiger partial charge in [-0.05, 0) is 64.2 Å². The van der Waals surface area contributed by atoms with E-state index in [4.69, 9.17) is 0 Å². The molecule has 2 unspecified atom stereocenters. The Bertz CT molecular complexity index is 1070. The normalized spacial score (nSPS) is 13.4. The number of hydrogen-bond acceptors (Lipinski definition) is 3. The van der Waals surface area contributed by atoms with Crippen LogP contribution >= 0.6 is 0 Å². The van der Waals surface area contributed by atoms with Crippen LogP contribution in [0.4, 0.5) is 0 Å². The quantitative estimate of drug-likeness (QED) is 0.0421. The highest BCUT2D eigenvalue weighted by Crippen LogP contribution is 2.16. The molecule has 0 aromatic heterocycles. The largest absolute Gasteiger partial charge is 0.394 e. The molecule has 62 heavy (non-hydrogen) atoms. The van der Waals surface area contributed by atoms with E-state index in [0.717, 1.165) is 57.8 Å². The number of carbonyl (C=O) groups is 1. The Morgan fingerprint density at radius 2 is 0.710 bits per heavy atom. The van der Waals surface area contributed by atoms with Gasteiger partial charge < -0.3 is 15.5 Å². The van der Waals surface area contributed by atoms with E-state index >= 15 is 0 Å². The van der Waals surface area contributed by atoms with Gasteiger partial charge in [-0.25, -0.2) is 0 Å². The molecular formula is C58H105NO3. The maximum absolute atomic E-state index is 12.5. The van der Waals surface area contributed by atoms with E-state index in [1.807, 2.05) is 6.08 Å². The van der Waals surface area contributed by atoms with Crippen molar-refractivity contribution in [2.75, 3.05) is 6.61 Å². The molecule has 0 saturated carbocycles. The average Bonchev–Trinajstić information content (AvgIpc) is 3.28. The summed E-state index contributed by atoms with van der Waals surface area (Å²) >= 11 is 0. The number of carbonyl (C=O) groups excluding carboxylic acids is 1. The van der Waals surface area contributed by atoms with Gasteiger partial charge in [0.2, 0.25) is 5.91 Å². The van der Waals surface area contributed by atoms with Crippen molar-refractivity contribution in [1.82, 2.24) is 5.32 Å². The molecule has 4 nitrogen and oxygen atoms in total. The van der Waals surface area contributed by atoms with Gasteiger partial charge in [-0.3, -0.25) is 4.79 Å². The maximum atomic E-state index is 12.5. The average molecular weight is 864 g/mol. The van der Waals surface area contributed by atoms with Gasteiger partial charge in [0.25, 0.3) is 0 Å². The number of unbranched alkanes of at least 4 members (excludes halogenated alkanes) is 32. The fourth-order valence-electron chi connectivity index (χ4n) is 8.09. The van der Waals surface area contributed by atoms with Crippen molar-refractivity contribution in [3.8, 4) is 0 Å². The summed E-state index contributed by atoms with van der Waals surface area (Å²) in [6.07, 6.45) is 76.2. The van der Waals surface area contributed by atoms with Crippen molar-refractivity contribution in [3.63, 3.8) is 0 Å². The van der Waals surface area contributed by atoms with Crippen molar-refractivity contribution in [2.45, 2.75) is 283 Å². The number of hydrogen-bond donors (Lipinski definition) is 3. The zero-order valence-electron chi connectivity index (χ0n) is 41.4. The van der Waals surface area contributed by atoms with Crippen LogP contribution in [0.25, 0.3) is 0 Å². The highest BCUT2D eigenvalue weighted by molar-refractivity contribution is 5.76. The topological polar surface area (TPSA) is 69.6 Å². The van der Waals surface area contributed by atoms with Gasteiger partial charge in [0.1, 0.15) is 0 Å². The van der Waals surface area contributed by atoms with Crippen molar-refractivity contribution in [3.05, 3.63) is 72.9 Å². The Labute approximate surface area is 387 Å². The lowest BCUT2D eigenvalue weighted by atomic mass is 10.0. The first-order valence-corrected chi connectivity index (χ1v) is 27.2. The van der Waals surface area contributed by atoms with Crippen LogP contribution in [-0.4, -0.2) is 34.9 Å². The molecule has 0 aromatic rings. The Kier molecular flexibility index (Phi) is 51.3. The summed E-state index contributed by atoms with van der Waals surface area (Å²) in [4.78, 5) is 12.5. The fourth-order valence-corrected chi connectivity index (χ4v) is 8.09. The van der Waals surface area contributed by atoms with Crippen molar-refractivity contribution < 1.29 is 15.0 Å². The molecule has 0 aliphatic carbocycles. The number of amides is 1. The Hall–Kier alpha value is -2.17. The summed E-state index contributed by atoms with van der Waals surface area (Å²) in [5, 5.41) is 23.2. The minimum Gasteiger partial charge on any atom is -0.394 e. The summed E-state index contributed by atoms with van der Waals surface area (Å²) in [7, 11) is 0. The lowest BCUT2D eigenvalue weighted by Gasteiger charge is -2.20. The summed E-state index contributed by atoms with van der Waals surface area (Å²) in [6, 6.07) is -0.625. The minimum absolute atomic E-state index is 0.0639. The zero-order valence-corrected chi connectivity index (χ0v) is 41.4. The van der Waals surface area contributed by atoms with Crippen LogP contribution in [0.15, 0.2) is 72.9 Å². The van der Waals surface area contributed by atoms with Crippen LogP contribution in [0, 0.1) is 0 Å². The standard InChI is InChI=1S/C58H105NO3/c1-3-5-7-9-11-13-15-17-19-21-23-24-25-26-27-28-29-30-31-32-33-34-36-38-40-42-44-46-48-50-52-54-58(62)59-56(55-60)57(61)53-51-49-47-45-43-41-39-37-35-22-20-18-16-14-12-10-8-6-4-2/h5,7,11,13,17,19,23-24,26-27,51,53,56-57,60-61H,3-4,6,8-10,12,14-16,18,20-22,25,28-50,52,54-55H2,1-2H3,(H,59,62)/b7-5-,13-11-,19-17-,24-23-,27-26-,53-51+. The second-order valence-corrected chi connectivity index (χ2v) is 18.3. The van der Waals surface area contributed by atoms with E-state index in [-0.39, 0.29) is 12.5 Å². The lowest BCUT2D eigenvalue weighted by Crippen LogP contribution is -2.45. The van der Waals surface area contributed by atoms with Gasteiger partial charge in [-0.2, -0.15) is 0 Å². The van der Waals surface area contributed by atoms with Crippen molar-refractivity contribution in [1.29, 1.82) is 0 Å². The Morgan fingerprint density at radius 3 is 1.06 bits per heavy atom. The first-order chi connectivity index (χ1) is 30.7. The molecule has 360 valence electrons. The number of nitrogens with one attached hydrogen (secondary N) is 1. The predicted molar refractivity (Wildman–Crippen MR) is 276 cm³/mol. The monoisotopic (exact) mass is 864 g/mol. The van der Waals surface area contributed by atoms with Crippen molar-refractivity contribution >= 4 is 5.91 Å². The molecule has 0 aromatic carbocycles. The lowest BCUT2D eigenvalue weighted by molar-refractivity contribution is -0.123. The number of allylic oxidation sites excluding steroid dienone is 11. The molecule has 0 heterocycles. The van der Waals surface area contributed by atoms with Gasteiger partial charge in [0.15, 0.2) is 0 Å². The van der Waals surface area contributed by atoms with E-state index in [0.29, 0.717) is 6.42 Å². The number of rotatable bonds is 49. The molecule has 0 aliphatic heterocycles. The second-order valence-electron chi connectivity index (χ2n) is 18.3. The highest BCUT2D eigenvalue weighted by Gasteiger charge is 2.18. The SMILES string of the molecule is CC/C=C\C/C=C\C/C=C\C/C=C\C/C=C\CCCCCCCCCCCCCCCCCC(=O)NC(CO)C(O)/C=C/CCCCCCCCCCCCCCCCCCC. The van der Waals surface area contributed by atoms with Crippen LogP contribution in [0.1, 0.15) is 271 Å². The van der Waals surface area contributed by atoms with Gasteiger partial charge in [-0.15, -0.1) is 0 Å². The summed E-state index contributed by atoms with van der Waals surface area (Å²) in [5.74, 6) is -0.0639. The molecule has 2 atom stereocenters. The molecule has 0 saturated heterocycles. The molecule has 0 spiro atoms. The van der Waals surface area contributed by atoms with E-state index in [2.05, 4.69) is 79.9 Å². The van der Waals surface area contributed by atoms with Crippen molar-refractivity contribution in [2.24, 2.45) is 0 Å². The predicted octanol–water partition coefficient (Wildman–Crippen LogP) is 17.8. The van der Waals surface area contributed by atoms with Crippen LogP contribution in [0.2, 0.25) is 0 Å². The van der Waals surface area contributed by atoms with E-state index in [9.17, 15) is 15.0 Å². The Balaban J connectivity index is 3.51. The molecule has 1 amide bonds. The zero-order chi connectivity index (χ0) is 44.9. The number of aliphatic hydroxyl groups is 2. The fraction of sp³-hybridized carbons (Fsp3) is 0.776. The molecule has 0 radical (unpaired) electrons. The molecule has 3 N–H and O–H groups in total. The highest BCUT2D eigenvalue weighted by atomic mass is 16.3. The molecule has 0 bridgehead atoms. The summed E-state index contributed by atoms with van der Waals surface area (Å²) in [5.41, 5.74) is 0. The van der Waals surface area contributed by atoms with Gasteiger partial charge >= 0.3 is 0 Å². The van der Waals surface area contributed by atoms with E-state index in [1.54, 1.807) is 6.08 Å². The number of aliphatic hydroxyl groups excluding tert-OH is 2. The first-order valence-electron chi connectivity index (χ1n) is 27.2. The molecule has 4 heteroatoms. The van der Waals surface area contributed by atoms with Crippen LogP contribution < -0.4 is 5.32 Å². The van der Waals surface area contributed by atoms with E-state index in [1.165, 1.54) is 193 Å². The van der Waals surface area contributed by atoms with Gasteiger partial charge in [0, 0.05) is 6.42 Å². The second kappa shape index (κ2) is 53.2. The van der Waals surface area contributed by atoms with Crippen LogP contribution in [0.3, 0.4) is 0 Å². The minimum atomic E-state index is -0.842. The molecule has 0 rings (SSSR count). The smallest absolute Gasteiger partial charge is 0.220 e. The molecular weight excluding hydrogens is 759 g/mol. The molecule has 0 fully saturated rings. The summed E-state index contributed by atoms with van der Waals surface area (Å²) < 4.78 is 0. The van der Waals surface area contributed by atoms with Gasteiger partial charge in [0.05, 0.1) is 18.8 Å². The Morgan fingerprint density at radius 1 is 0.403 bits per heavy atom. The van der Waals surface area contributed by atoms with Crippen LogP contribution in [-0.2, 0) is 4.79 Å². The third-order valence-corrected chi connectivity index (χ3v) is 12.2. The first kappa shape index (κ1) is 59.8. The van der Waals surface area contributed by atoms with Crippen LogP contribution in [0.5, 0.6) is 0 Å². The third kappa shape index (κ3) is 48.9. The van der Waals surface area contributed by atoms with Gasteiger partial charge in [-0.1, -0.05) is 273 Å². The summed E-state index contributed by atoms with van der Waals surface area (Å²) in [6.45, 7) is 4.21. The molecule has 0 aliphatic rings. The van der Waals surface area contributed by atoms with E-state index < -0.39 is 12.1 Å². The maximum Gasteiger partial charge on any atom is 0.220 e. The third-order valence-electron chi connectivity index (χ3n) is 12.2.